The average molecular weight is 322 g/mol. The number of benzene rings is 1. The van der Waals surface area contributed by atoms with E-state index in [0.29, 0.717) is 12.2 Å². The van der Waals surface area contributed by atoms with Gasteiger partial charge in [0.25, 0.3) is 5.91 Å². The number of likely N-dealkylation sites (tertiary alicyclic amines) is 1. The van der Waals surface area contributed by atoms with Gasteiger partial charge in [-0.3, -0.25) is 9.89 Å². The number of aryl methyl sites for hydroxylation is 1. The largest absolute Gasteiger partial charge is 0.359 e. The van der Waals surface area contributed by atoms with Gasteiger partial charge in [0.15, 0.2) is 5.76 Å². The number of hydrogen-bond donors (Lipinski definition) is 1. The van der Waals surface area contributed by atoms with Crippen LogP contribution in [0.2, 0.25) is 0 Å². The number of rotatable bonds is 3. The number of carbonyl (C=O) groups is 1. The standard InChI is InChI=1S/C18H18N4O2/c1-12-10-17(24-21-12)16-8-5-9-22(16)18(23)15-11-14(19-20-15)13-6-3-2-4-7-13/h2-4,6-7,10-11,16H,5,8-9H2,1H3,(H,19,20). The van der Waals surface area contributed by atoms with Crippen LogP contribution in [-0.4, -0.2) is 32.7 Å². The van der Waals surface area contributed by atoms with E-state index in [0.717, 1.165) is 35.6 Å². The quantitative estimate of drug-likeness (QED) is 0.802. The van der Waals surface area contributed by atoms with E-state index in [-0.39, 0.29) is 11.9 Å². The van der Waals surface area contributed by atoms with E-state index < -0.39 is 0 Å². The molecule has 1 saturated heterocycles. The molecule has 1 aromatic carbocycles. The summed E-state index contributed by atoms with van der Waals surface area (Å²) in [6, 6.07) is 13.5. The van der Waals surface area contributed by atoms with E-state index in [4.69, 9.17) is 4.52 Å². The fourth-order valence-electron chi connectivity index (χ4n) is 3.19. The summed E-state index contributed by atoms with van der Waals surface area (Å²) in [7, 11) is 0. The second kappa shape index (κ2) is 5.96. The fraction of sp³-hybridized carbons (Fsp3) is 0.278. The minimum Gasteiger partial charge on any atom is -0.359 e. The Balaban J connectivity index is 1.58. The topological polar surface area (TPSA) is 75.0 Å². The normalized spacial score (nSPS) is 17.4. The maximum atomic E-state index is 12.9. The first-order valence-electron chi connectivity index (χ1n) is 8.07. The first-order valence-corrected chi connectivity index (χ1v) is 8.07. The summed E-state index contributed by atoms with van der Waals surface area (Å²) in [5.74, 6) is 0.697. The van der Waals surface area contributed by atoms with Crippen LogP contribution in [0.15, 0.2) is 47.0 Å². The second-order valence-corrected chi connectivity index (χ2v) is 6.06. The fourth-order valence-corrected chi connectivity index (χ4v) is 3.19. The lowest BCUT2D eigenvalue weighted by Gasteiger charge is -2.21. The molecule has 6 nitrogen and oxygen atoms in total. The molecule has 24 heavy (non-hydrogen) atoms. The molecule has 0 saturated carbocycles. The highest BCUT2D eigenvalue weighted by atomic mass is 16.5. The van der Waals surface area contributed by atoms with Gasteiger partial charge >= 0.3 is 0 Å². The molecule has 0 radical (unpaired) electrons. The lowest BCUT2D eigenvalue weighted by Crippen LogP contribution is -2.30. The number of H-pyrrole nitrogens is 1. The van der Waals surface area contributed by atoms with Crippen LogP contribution in [-0.2, 0) is 0 Å². The van der Waals surface area contributed by atoms with E-state index in [1.165, 1.54) is 0 Å². The van der Waals surface area contributed by atoms with E-state index in [9.17, 15) is 4.79 Å². The van der Waals surface area contributed by atoms with Gasteiger partial charge in [-0.25, -0.2) is 0 Å². The molecule has 0 bridgehead atoms. The van der Waals surface area contributed by atoms with E-state index >= 15 is 0 Å². The first-order chi connectivity index (χ1) is 11.7. The Morgan fingerprint density at radius 1 is 1.29 bits per heavy atom. The van der Waals surface area contributed by atoms with Crippen molar-refractivity contribution in [3.8, 4) is 11.3 Å². The van der Waals surface area contributed by atoms with Crippen molar-refractivity contribution in [3.63, 3.8) is 0 Å². The van der Waals surface area contributed by atoms with Crippen LogP contribution < -0.4 is 0 Å². The molecule has 4 rings (SSSR count). The lowest BCUT2D eigenvalue weighted by atomic mass is 10.1. The van der Waals surface area contributed by atoms with Crippen LogP contribution in [0.5, 0.6) is 0 Å². The van der Waals surface area contributed by atoms with Gasteiger partial charge in [-0.05, 0) is 25.8 Å². The molecule has 1 N–H and O–H groups in total. The van der Waals surface area contributed by atoms with Crippen molar-refractivity contribution in [2.24, 2.45) is 0 Å². The number of aromatic nitrogens is 3. The van der Waals surface area contributed by atoms with Gasteiger partial charge in [0.05, 0.1) is 17.4 Å². The number of amides is 1. The Bertz CT molecular complexity index is 853. The zero-order valence-corrected chi connectivity index (χ0v) is 13.4. The van der Waals surface area contributed by atoms with Crippen molar-refractivity contribution in [2.75, 3.05) is 6.54 Å². The van der Waals surface area contributed by atoms with Gasteiger partial charge in [0.1, 0.15) is 5.69 Å². The molecule has 1 aliphatic rings. The van der Waals surface area contributed by atoms with Gasteiger partial charge in [-0.2, -0.15) is 5.10 Å². The third-order valence-corrected chi connectivity index (χ3v) is 4.37. The Morgan fingerprint density at radius 3 is 2.88 bits per heavy atom. The molecule has 1 unspecified atom stereocenters. The molecule has 3 heterocycles. The van der Waals surface area contributed by atoms with Crippen LogP contribution in [0, 0.1) is 6.92 Å². The van der Waals surface area contributed by atoms with E-state index in [2.05, 4.69) is 15.4 Å². The predicted octanol–water partition coefficient (Wildman–Crippen LogP) is 3.35. The van der Waals surface area contributed by atoms with Crippen LogP contribution >= 0.6 is 0 Å². The van der Waals surface area contributed by atoms with E-state index in [1.807, 2.05) is 48.2 Å². The number of nitrogens with zero attached hydrogens (tertiary/aromatic N) is 3. The van der Waals surface area contributed by atoms with Gasteiger partial charge in [0, 0.05) is 18.2 Å². The van der Waals surface area contributed by atoms with Crippen LogP contribution in [0.25, 0.3) is 11.3 Å². The number of nitrogens with one attached hydrogen (secondary N) is 1. The molecule has 1 atom stereocenters. The molecule has 0 spiro atoms. The Labute approximate surface area is 139 Å². The summed E-state index contributed by atoms with van der Waals surface area (Å²) in [6.45, 7) is 2.60. The van der Waals surface area contributed by atoms with Gasteiger partial charge < -0.3 is 9.42 Å². The second-order valence-electron chi connectivity index (χ2n) is 6.06. The summed E-state index contributed by atoms with van der Waals surface area (Å²) >= 11 is 0. The van der Waals surface area contributed by atoms with Crippen LogP contribution in [0.4, 0.5) is 0 Å². The van der Waals surface area contributed by atoms with Crippen molar-refractivity contribution in [1.29, 1.82) is 0 Å². The average Bonchev–Trinajstić information content (AvgIpc) is 3.35. The highest BCUT2D eigenvalue weighted by Crippen LogP contribution is 2.33. The molecule has 1 amide bonds. The molecule has 6 heteroatoms. The molecule has 1 fully saturated rings. The lowest BCUT2D eigenvalue weighted by molar-refractivity contribution is 0.0708. The molecule has 122 valence electrons. The van der Waals surface area contributed by atoms with E-state index in [1.54, 1.807) is 6.07 Å². The summed E-state index contributed by atoms with van der Waals surface area (Å²) in [5.41, 5.74) is 3.08. The number of aromatic amines is 1. The molecule has 3 aromatic rings. The third-order valence-electron chi connectivity index (χ3n) is 4.37. The molecular weight excluding hydrogens is 304 g/mol. The Morgan fingerprint density at radius 2 is 2.12 bits per heavy atom. The highest BCUT2D eigenvalue weighted by Gasteiger charge is 2.33. The monoisotopic (exact) mass is 322 g/mol. The number of carbonyl (C=O) groups excluding carboxylic acids is 1. The number of hydrogen-bond acceptors (Lipinski definition) is 4. The van der Waals surface area contributed by atoms with Gasteiger partial charge in [-0.15, -0.1) is 0 Å². The SMILES string of the molecule is Cc1cc(C2CCCN2C(=O)c2cc(-c3ccccc3)n[nH]2)on1. The summed E-state index contributed by atoms with van der Waals surface area (Å²) in [4.78, 5) is 14.7. The summed E-state index contributed by atoms with van der Waals surface area (Å²) in [5, 5.41) is 11.1. The molecular formula is C18H18N4O2. The molecule has 1 aliphatic heterocycles. The Kier molecular flexibility index (Phi) is 3.65. The summed E-state index contributed by atoms with van der Waals surface area (Å²) in [6.07, 6.45) is 1.84. The third kappa shape index (κ3) is 2.60. The zero-order valence-electron chi connectivity index (χ0n) is 13.4. The zero-order chi connectivity index (χ0) is 16.5. The van der Waals surface area contributed by atoms with Crippen LogP contribution in [0.3, 0.4) is 0 Å². The first kappa shape index (κ1) is 14.7. The Hall–Kier alpha value is -2.89. The summed E-state index contributed by atoms with van der Waals surface area (Å²) < 4.78 is 5.37. The van der Waals surface area contributed by atoms with Crippen molar-refractivity contribution in [1.82, 2.24) is 20.3 Å². The van der Waals surface area contributed by atoms with Crippen molar-refractivity contribution < 1.29 is 9.32 Å². The molecule has 0 aliphatic carbocycles. The minimum atomic E-state index is -0.0544. The van der Waals surface area contributed by atoms with Crippen LogP contribution in [0.1, 0.15) is 40.8 Å². The van der Waals surface area contributed by atoms with Gasteiger partial charge in [-0.1, -0.05) is 35.5 Å². The van der Waals surface area contributed by atoms with Crippen molar-refractivity contribution in [3.05, 3.63) is 59.6 Å². The smallest absolute Gasteiger partial charge is 0.272 e. The predicted molar refractivity (Wildman–Crippen MR) is 88.3 cm³/mol. The van der Waals surface area contributed by atoms with Crippen molar-refractivity contribution >= 4 is 5.91 Å². The molecule has 2 aromatic heterocycles. The maximum Gasteiger partial charge on any atom is 0.272 e. The highest BCUT2D eigenvalue weighted by molar-refractivity contribution is 5.93. The van der Waals surface area contributed by atoms with Gasteiger partial charge in [0.2, 0.25) is 0 Å². The maximum absolute atomic E-state index is 12.9. The minimum absolute atomic E-state index is 0.0535. The van der Waals surface area contributed by atoms with Crippen molar-refractivity contribution in [2.45, 2.75) is 25.8 Å².